The average molecular weight is 461 g/mol. The fraction of sp³-hybridized carbons (Fsp3) is 0.280. The first kappa shape index (κ1) is 21.8. The van der Waals surface area contributed by atoms with Crippen molar-refractivity contribution in [1.82, 2.24) is 24.9 Å². The number of amides is 1. The van der Waals surface area contributed by atoms with Gasteiger partial charge in [0.15, 0.2) is 5.82 Å². The van der Waals surface area contributed by atoms with Crippen LogP contribution in [0.3, 0.4) is 0 Å². The molecule has 0 radical (unpaired) electrons. The summed E-state index contributed by atoms with van der Waals surface area (Å²) in [6.45, 7) is 0.279. The van der Waals surface area contributed by atoms with Crippen molar-refractivity contribution in [3.63, 3.8) is 0 Å². The molecule has 0 unspecified atom stereocenters. The third kappa shape index (κ3) is 4.05. The number of carbonyl (C=O) groups excluding carboxylic acids is 1. The van der Waals surface area contributed by atoms with E-state index in [1.54, 1.807) is 0 Å². The van der Waals surface area contributed by atoms with E-state index in [-0.39, 0.29) is 12.1 Å². The quantitative estimate of drug-likeness (QED) is 0.448. The average Bonchev–Trinajstić information content (AvgIpc) is 3.52. The van der Waals surface area contributed by atoms with Gasteiger partial charge in [-0.2, -0.15) is 5.10 Å². The summed E-state index contributed by atoms with van der Waals surface area (Å²) in [6, 6.07) is 11.6. The summed E-state index contributed by atoms with van der Waals surface area (Å²) in [6.07, 6.45) is 6.04. The molecule has 0 bridgehead atoms. The van der Waals surface area contributed by atoms with Gasteiger partial charge in [0.2, 0.25) is 0 Å². The van der Waals surface area contributed by atoms with Crippen LogP contribution in [0.5, 0.6) is 5.75 Å². The highest BCUT2D eigenvalue weighted by atomic mass is 19.1. The second kappa shape index (κ2) is 9.09. The van der Waals surface area contributed by atoms with Crippen LogP contribution in [-0.2, 0) is 6.54 Å². The largest absolute Gasteiger partial charge is 0.496 e. The van der Waals surface area contributed by atoms with E-state index < -0.39 is 11.7 Å². The summed E-state index contributed by atoms with van der Waals surface area (Å²) < 4.78 is 20.6. The monoisotopic (exact) mass is 460 g/mol. The van der Waals surface area contributed by atoms with Gasteiger partial charge in [-0.1, -0.05) is 37.1 Å². The molecule has 0 aliphatic heterocycles. The molecular weight excluding hydrogens is 435 g/mol. The van der Waals surface area contributed by atoms with E-state index in [0.29, 0.717) is 23.0 Å². The van der Waals surface area contributed by atoms with Crippen LogP contribution in [0.15, 0.2) is 48.8 Å². The molecule has 2 aromatic carbocycles. The Balaban J connectivity index is 1.38. The lowest BCUT2D eigenvalue weighted by Gasteiger charge is -2.10. The SMILES string of the molecule is COc1ccc(F)cc1C(=O)NCc1ccc(-c2nc(C3CCCC3)n3ncnc(N)c23)cc1. The standard InChI is InChI=1S/C25H25FN6O2/c1-34-20-11-10-18(26)12-19(20)25(33)28-13-15-6-8-16(9-7-15)21-22-23(27)29-14-30-32(22)24(31-21)17-4-2-3-5-17/h6-12,14,17H,2-5,13H2,1H3,(H,28,33)(H2,27,29,30). The molecule has 4 aromatic rings. The van der Waals surface area contributed by atoms with Crippen molar-refractivity contribution in [2.45, 2.75) is 38.1 Å². The van der Waals surface area contributed by atoms with E-state index in [1.165, 1.54) is 38.4 Å². The van der Waals surface area contributed by atoms with Gasteiger partial charge in [-0.3, -0.25) is 4.79 Å². The molecule has 8 nitrogen and oxygen atoms in total. The van der Waals surface area contributed by atoms with Crippen molar-refractivity contribution in [1.29, 1.82) is 0 Å². The third-order valence-electron chi connectivity index (χ3n) is 6.29. The molecule has 5 rings (SSSR count). The summed E-state index contributed by atoms with van der Waals surface area (Å²) >= 11 is 0. The number of nitrogen functional groups attached to an aromatic ring is 1. The molecule has 1 saturated carbocycles. The molecule has 1 aliphatic rings. The van der Waals surface area contributed by atoms with Crippen LogP contribution in [0, 0.1) is 5.82 Å². The van der Waals surface area contributed by atoms with Crippen LogP contribution in [0.25, 0.3) is 16.8 Å². The number of nitrogens with one attached hydrogen (secondary N) is 1. The molecule has 0 saturated heterocycles. The van der Waals surface area contributed by atoms with E-state index in [1.807, 2.05) is 28.8 Å². The van der Waals surface area contributed by atoms with E-state index in [4.69, 9.17) is 15.5 Å². The molecule has 0 spiro atoms. The first-order valence-electron chi connectivity index (χ1n) is 11.3. The Morgan fingerprint density at radius 3 is 2.71 bits per heavy atom. The fourth-order valence-corrected chi connectivity index (χ4v) is 4.54. The van der Waals surface area contributed by atoms with Gasteiger partial charge < -0.3 is 15.8 Å². The van der Waals surface area contributed by atoms with Crippen LogP contribution < -0.4 is 15.8 Å². The number of carbonyl (C=O) groups is 1. The molecule has 1 fully saturated rings. The minimum atomic E-state index is -0.497. The lowest BCUT2D eigenvalue weighted by Crippen LogP contribution is -2.23. The van der Waals surface area contributed by atoms with Crippen molar-refractivity contribution < 1.29 is 13.9 Å². The Labute approximate surface area is 196 Å². The highest BCUT2D eigenvalue weighted by Crippen LogP contribution is 2.37. The molecular formula is C25H25FN6O2. The first-order valence-corrected chi connectivity index (χ1v) is 11.3. The molecule has 34 heavy (non-hydrogen) atoms. The molecule has 1 amide bonds. The second-order valence-electron chi connectivity index (χ2n) is 8.43. The van der Waals surface area contributed by atoms with Crippen LogP contribution in [0.2, 0.25) is 0 Å². The smallest absolute Gasteiger partial charge is 0.255 e. The van der Waals surface area contributed by atoms with Crippen molar-refractivity contribution in [2.75, 3.05) is 12.8 Å². The van der Waals surface area contributed by atoms with Crippen molar-refractivity contribution >= 4 is 17.2 Å². The zero-order valence-corrected chi connectivity index (χ0v) is 18.8. The molecule has 0 atom stereocenters. The number of ether oxygens (including phenoxy) is 1. The normalized spacial score (nSPS) is 13.9. The van der Waals surface area contributed by atoms with Gasteiger partial charge in [-0.25, -0.2) is 18.9 Å². The number of methoxy groups -OCH3 is 1. The minimum Gasteiger partial charge on any atom is -0.496 e. The van der Waals surface area contributed by atoms with Gasteiger partial charge in [-0.05, 0) is 36.6 Å². The summed E-state index contributed by atoms with van der Waals surface area (Å²) in [4.78, 5) is 21.7. The minimum absolute atomic E-state index is 0.151. The summed E-state index contributed by atoms with van der Waals surface area (Å²) in [5.74, 6) is 1.09. The number of anilines is 1. The maximum atomic E-state index is 13.6. The number of hydrogen-bond acceptors (Lipinski definition) is 6. The van der Waals surface area contributed by atoms with Crippen LogP contribution in [-0.4, -0.2) is 32.6 Å². The van der Waals surface area contributed by atoms with Crippen LogP contribution in [0.1, 0.15) is 53.3 Å². The number of halogens is 1. The van der Waals surface area contributed by atoms with Gasteiger partial charge in [-0.15, -0.1) is 0 Å². The highest BCUT2D eigenvalue weighted by molar-refractivity contribution is 5.96. The zero-order valence-electron chi connectivity index (χ0n) is 18.8. The molecule has 2 aromatic heterocycles. The lowest BCUT2D eigenvalue weighted by atomic mass is 10.1. The highest BCUT2D eigenvalue weighted by Gasteiger charge is 2.25. The molecule has 9 heteroatoms. The predicted octanol–water partition coefficient (Wildman–Crippen LogP) is 4.11. The molecule has 2 heterocycles. The first-order chi connectivity index (χ1) is 16.5. The number of nitrogens with zero attached hydrogens (tertiary/aromatic N) is 4. The number of imidazole rings is 1. The maximum Gasteiger partial charge on any atom is 0.255 e. The number of nitrogens with two attached hydrogens (primary N) is 1. The molecule has 1 aliphatic carbocycles. The lowest BCUT2D eigenvalue weighted by molar-refractivity contribution is 0.0947. The van der Waals surface area contributed by atoms with E-state index in [2.05, 4.69) is 15.4 Å². The van der Waals surface area contributed by atoms with Gasteiger partial charge >= 0.3 is 0 Å². The Morgan fingerprint density at radius 1 is 1.21 bits per heavy atom. The Morgan fingerprint density at radius 2 is 1.97 bits per heavy atom. The van der Waals surface area contributed by atoms with Gasteiger partial charge in [0, 0.05) is 18.0 Å². The van der Waals surface area contributed by atoms with Crippen LogP contribution >= 0.6 is 0 Å². The van der Waals surface area contributed by atoms with E-state index in [0.717, 1.165) is 41.6 Å². The van der Waals surface area contributed by atoms with Crippen molar-refractivity contribution in [3.8, 4) is 17.0 Å². The zero-order chi connectivity index (χ0) is 23.7. The topological polar surface area (TPSA) is 107 Å². The number of hydrogen-bond donors (Lipinski definition) is 2. The molecule has 3 N–H and O–H groups in total. The number of rotatable bonds is 6. The summed E-state index contributed by atoms with van der Waals surface area (Å²) in [7, 11) is 1.44. The van der Waals surface area contributed by atoms with Crippen molar-refractivity contribution in [3.05, 3.63) is 71.6 Å². The Hall–Kier alpha value is -4.01. The number of benzene rings is 2. The predicted molar refractivity (Wildman–Crippen MR) is 126 cm³/mol. The van der Waals surface area contributed by atoms with Gasteiger partial charge in [0.25, 0.3) is 5.91 Å². The third-order valence-corrected chi connectivity index (χ3v) is 6.29. The molecule has 174 valence electrons. The summed E-state index contributed by atoms with van der Waals surface area (Å²) in [5, 5.41) is 7.24. The van der Waals surface area contributed by atoms with Crippen LogP contribution in [0.4, 0.5) is 10.2 Å². The number of aromatic nitrogens is 4. The van der Waals surface area contributed by atoms with E-state index in [9.17, 15) is 9.18 Å². The second-order valence-corrected chi connectivity index (χ2v) is 8.43. The summed E-state index contributed by atoms with van der Waals surface area (Å²) in [5.41, 5.74) is 9.60. The van der Waals surface area contributed by atoms with Gasteiger partial charge in [0.1, 0.15) is 34.9 Å². The number of fused-ring (bicyclic) bond motifs is 1. The van der Waals surface area contributed by atoms with Crippen molar-refractivity contribution in [2.24, 2.45) is 0 Å². The van der Waals surface area contributed by atoms with Gasteiger partial charge in [0.05, 0.1) is 12.7 Å². The maximum absolute atomic E-state index is 13.6. The van der Waals surface area contributed by atoms with E-state index >= 15 is 0 Å². The fourth-order valence-electron chi connectivity index (χ4n) is 4.54. The Kier molecular flexibility index (Phi) is 5.83. The Bertz CT molecular complexity index is 1350.